The highest BCUT2D eigenvalue weighted by Gasteiger charge is 2.28. The van der Waals surface area contributed by atoms with Crippen LogP contribution in [-0.2, 0) is 16.6 Å². The molecule has 0 bridgehead atoms. The van der Waals surface area contributed by atoms with Gasteiger partial charge < -0.3 is 10.3 Å². The van der Waals surface area contributed by atoms with Gasteiger partial charge in [-0.3, -0.25) is 0 Å². The minimum atomic E-state index is -3.45. The lowest BCUT2D eigenvalue weighted by Gasteiger charge is -2.15. The van der Waals surface area contributed by atoms with Crippen molar-refractivity contribution in [2.24, 2.45) is 11.7 Å². The Kier molecular flexibility index (Phi) is 4.56. The fourth-order valence-electron chi connectivity index (χ4n) is 2.59. The maximum Gasteiger partial charge on any atom is 0.242 e. The van der Waals surface area contributed by atoms with Crippen LogP contribution in [0.4, 0.5) is 0 Å². The fraction of sp³-hybridized carbons (Fsp3) is 0.714. The first-order valence-corrected chi connectivity index (χ1v) is 8.75. The van der Waals surface area contributed by atoms with Gasteiger partial charge >= 0.3 is 0 Å². The molecule has 0 saturated heterocycles. The van der Waals surface area contributed by atoms with Crippen LogP contribution >= 0.6 is 0 Å². The molecule has 0 amide bonds. The molecule has 1 aliphatic carbocycles. The SMILES string of the molecule is CC(C)CC(C)NS(=O)(=O)c1cc(CN)n(C2CC2)c1. The first-order chi connectivity index (χ1) is 9.33. The summed E-state index contributed by atoms with van der Waals surface area (Å²) >= 11 is 0. The van der Waals surface area contributed by atoms with Crippen LogP contribution in [0.1, 0.15) is 51.8 Å². The van der Waals surface area contributed by atoms with Gasteiger partial charge in [0, 0.05) is 30.5 Å². The maximum absolute atomic E-state index is 12.4. The maximum atomic E-state index is 12.4. The summed E-state index contributed by atoms with van der Waals surface area (Å²) in [5, 5.41) is 0. The predicted octanol–water partition coefficient (Wildman–Crippen LogP) is 1.99. The van der Waals surface area contributed by atoms with Gasteiger partial charge in [0.1, 0.15) is 0 Å². The van der Waals surface area contributed by atoms with Gasteiger partial charge in [-0.25, -0.2) is 13.1 Å². The van der Waals surface area contributed by atoms with Crippen LogP contribution < -0.4 is 10.5 Å². The van der Waals surface area contributed by atoms with Crippen molar-refractivity contribution >= 4 is 10.0 Å². The molecule has 1 aromatic heterocycles. The Bertz CT molecular complexity index is 559. The molecule has 3 N–H and O–H groups in total. The van der Waals surface area contributed by atoms with Gasteiger partial charge in [0.25, 0.3) is 0 Å². The van der Waals surface area contributed by atoms with Crippen LogP contribution in [0, 0.1) is 5.92 Å². The molecule has 0 aliphatic heterocycles. The minimum absolute atomic E-state index is 0.0643. The highest BCUT2D eigenvalue weighted by atomic mass is 32.2. The highest BCUT2D eigenvalue weighted by Crippen LogP contribution is 2.37. The number of hydrogen-bond acceptors (Lipinski definition) is 3. The molecule has 1 saturated carbocycles. The van der Waals surface area contributed by atoms with E-state index in [1.54, 1.807) is 12.3 Å². The van der Waals surface area contributed by atoms with E-state index in [0.717, 1.165) is 25.0 Å². The van der Waals surface area contributed by atoms with E-state index in [0.29, 0.717) is 23.4 Å². The van der Waals surface area contributed by atoms with Crippen molar-refractivity contribution in [1.29, 1.82) is 0 Å². The number of sulfonamides is 1. The summed E-state index contributed by atoms with van der Waals surface area (Å²) in [6, 6.07) is 2.07. The van der Waals surface area contributed by atoms with E-state index >= 15 is 0 Å². The molecule has 20 heavy (non-hydrogen) atoms. The van der Waals surface area contributed by atoms with Crippen LogP contribution in [0.25, 0.3) is 0 Å². The molecular weight excluding hydrogens is 274 g/mol. The third kappa shape index (κ3) is 3.62. The second-order valence-corrected chi connectivity index (χ2v) is 7.88. The largest absolute Gasteiger partial charge is 0.346 e. The summed E-state index contributed by atoms with van der Waals surface area (Å²) in [4.78, 5) is 0.334. The summed E-state index contributed by atoms with van der Waals surface area (Å²) in [7, 11) is -3.45. The molecule has 1 heterocycles. The molecule has 0 radical (unpaired) electrons. The zero-order chi connectivity index (χ0) is 14.9. The molecule has 5 nitrogen and oxygen atoms in total. The van der Waals surface area contributed by atoms with Gasteiger partial charge in [-0.1, -0.05) is 13.8 Å². The molecule has 114 valence electrons. The zero-order valence-electron chi connectivity index (χ0n) is 12.5. The number of nitrogens with zero attached hydrogens (tertiary/aromatic N) is 1. The van der Waals surface area contributed by atoms with E-state index in [4.69, 9.17) is 5.73 Å². The van der Waals surface area contributed by atoms with Crippen LogP contribution in [0.15, 0.2) is 17.2 Å². The second kappa shape index (κ2) is 5.87. The predicted molar refractivity (Wildman–Crippen MR) is 79.8 cm³/mol. The first kappa shape index (κ1) is 15.5. The van der Waals surface area contributed by atoms with Crippen molar-refractivity contribution in [3.63, 3.8) is 0 Å². The first-order valence-electron chi connectivity index (χ1n) is 7.26. The lowest BCUT2D eigenvalue weighted by atomic mass is 10.1. The van der Waals surface area contributed by atoms with E-state index in [1.807, 2.05) is 11.5 Å². The average Bonchev–Trinajstić information content (AvgIpc) is 3.05. The van der Waals surface area contributed by atoms with Gasteiger partial charge in [0.15, 0.2) is 0 Å². The average molecular weight is 299 g/mol. The quantitative estimate of drug-likeness (QED) is 0.808. The van der Waals surface area contributed by atoms with Crippen LogP contribution in [0.5, 0.6) is 0 Å². The Hall–Kier alpha value is -0.850. The summed E-state index contributed by atoms with van der Waals surface area (Å²) in [5.41, 5.74) is 6.60. The van der Waals surface area contributed by atoms with Gasteiger partial charge in [-0.05, 0) is 38.2 Å². The van der Waals surface area contributed by atoms with E-state index in [1.165, 1.54) is 0 Å². The zero-order valence-corrected chi connectivity index (χ0v) is 13.3. The Morgan fingerprint density at radius 3 is 2.55 bits per heavy atom. The lowest BCUT2D eigenvalue weighted by Crippen LogP contribution is -2.33. The molecule has 1 aliphatic rings. The normalized spacial score (nSPS) is 17.6. The summed E-state index contributed by atoms with van der Waals surface area (Å²) in [6.07, 6.45) is 4.77. The Labute approximate surface area is 121 Å². The summed E-state index contributed by atoms with van der Waals surface area (Å²) in [6.45, 7) is 6.44. The topological polar surface area (TPSA) is 77.1 Å². The number of rotatable bonds is 7. The molecular formula is C14H25N3O2S. The van der Waals surface area contributed by atoms with Crippen molar-refractivity contribution in [1.82, 2.24) is 9.29 Å². The Morgan fingerprint density at radius 1 is 1.40 bits per heavy atom. The molecule has 1 fully saturated rings. The Balaban J connectivity index is 2.16. The molecule has 6 heteroatoms. The van der Waals surface area contributed by atoms with Crippen molar-refractivity contribution < 1.29 is 8.42 Å². The number of nitrogens with one attached hydrogen (secondary N) is 1. The monoisotopic (exact) mass is 299 g/mol. The highest BCUT2D eigenvalue weighted by molar-refractivity contribution is 7.89. The van der Waals surface area contributed by atoms with Gasteiger partial charge in [-0.15, -0.1) is 0 Å². The molecule has 0 spiro atoms. The number of nitrogens with two attached hydrogens (primary N) is 1. The van der Waals surface area contributed by atoms with Crippen molar-refractivity contribution in [3.05, 3.63) is 18.0 Å². The molecule has 1 aromatic rings. The second-order valence-electron chi connectivity index (χ2n) is 6.16. The van der Waals surface area contributed by atoms with E-state index < -0.39 is 10.0 Å². The third-order valence-electron chi connectivity index (χ3n) is 3.55. The standard InChI is InChI=1S/C14H25N3O2S/c1-10(2)6-11(3)16-20(18,19)14-7-13(8-15)17(9-14)12-4-5-12/h7,9-12,16H,4-6,8,15H2,1-3H3. The van der Waals surface area contributed by atoms with Crippen LogP contribution in [0.3, 0.4) is 0 Å². The minimum Gasteiger partial charge on any atom is -0.346 e. The van der Waals surface area contributed by atoms with Crippen LogP contribution in [0.2, 0.25) is 0 Å². The lowest BCUT2D eigenvalue weighted by molar-refractivity contribution is 0.482. The number of aromatic nitrogens is 1. The molecule has 1 atom stereocenters. The van der Waals surface area contributed by atoms with E-state index in [9.17, 15) is 8.42 Å². The van der Waals surface area contributed by atoms with Crippen LogP contribution in [-0.4, -0.2) is 19.0 Å². The van der Waals surface area contributed by atoms with E-state index in [2.05, 4.69) is 18.6 Å². The summed E-state index contributed by atoms with van der Waals surface area (Å²) < 4.78 is 29.5. The van der Waals surface area contributed by atoms with Gasteiger partial charge in [0.05, 0.1) is 4.90 Å². The van der Waals surface area contributed by atoms with Crippen molar-refractivity contribution in [2.45, 2.75) is 63.6 Å². The smallest absolute Gasteiger partial charge is 0.242 e. The summed E-state index contributed by atoms with van der Waals surface area (Å²) in [5.74, 6) is 0.461. The van der Waals surface area contributed by atoms with Crippen molar-refractivity contribution in [2.75, 3.05) is 0 Å². The van der Waals surface area contributed by atoms with Crippen molar-refractivity contribution in [3.8, 4) is 0 Å². The molecule has 2 rings (SSSR count). The number of hydrogen-bond donors (Lipinski definition) is 2. The third-order valence-corrected chi connectivity index (χ3v) is 5.10. The fourth-order valence-corrected chi connectivity index (χ4v) is 3.89. The van der Waals surface area contributed by atoms with Gasteiger partial charge in [-0.2, -0.15) is 0 Å². The van der Waals surface area contributed by atoms with Gasteiger partial charge in [0.2, 0.25) is 10.0 Å². The van der Waals surface area contributed by atoms with E-state index in [-0.39, 0.29) is 6.04 Å². The molecule has 1 unspecified atom stereocenters. The molecule has 0 aromatic carbocycles. The Morgan fingerprint density at radius 2 is 2.05 bits per heavy atom.